The zero-order valence-corrected chi connectivity index (χ0v) is 30.3. The highest BCUT2D eigenvalue weighted by atomic mass is 15.0. The summed E-state index contributed by atoms with van der Waals surface area (Å²) < 4.78 is 5.00. The van der Waals surface area contributed by atoms with E-state index < -0.39 is 0 Å². The maximum Gasteiger partial charge on any atom is 0.0737 e. The summed E-state index contributed by atoms with van der Waals surface area (Å²) in [5, 5.41) is 3.72. The van der Waals surface area contributed by atoms with Crippen molar-refractivity contribution in [3.63, 3.8) is 0 Å². The number of pyridine rings is 3. The Hall–Kier alpha value is -7.37. The van der Waals surface area contributed by atoms with Crippen LogP contribution in [-0.2, 0) is 0 Å². The summed E-state index contributed by atoms with van der Waals surface area (Å²) in [6.45, 7) is 0. The van der Waals surface area contributed by atoms with Crippen LogP contribution in [-0.4, -0.2) is 24.1 Å². The van der Waals surface area contributed by atoms with Crippen LogP contribution < -0.4 is 0 Å². The first kappa shape index (κ1) is 31.0. The number of para-hydroxylation sites is 5. The average Bonchev–Trinajstić information content (AvgIpc) is 3.92. The molecule has 1 unspecified atom stereocenters. The Kier molecular flexibility index (Phi) is 6.69. The van der Waals surface area contributed by atoms with Gasteiger partial charge in [0.15, 0.2) is 0 Å². The van der Waals surface area contributed by atoms with Crippen molar-refractivity contribution in [1.29, 1.82) is 0 Å². The van der Waals surface area contributed by atoms with Crippen molar-refractivity contribution in [2.75, 3.05) is 0 Å². The first-order chi connectivity index (χ1) is 27.8. The predicted molar refractivity (Wildman–Crippen MR) is 228 cm³/mol. The van der Waals surface area contributed by atoms with Crippen molar-refractivity contribution < 1.29 is 0 Å². The summed E-state index contributed by atoms with van der Waals surface area (Å²) in [5.41, 5.74) is 18.7. The Morgan fingerprint density at radius 1 is 0.518 bits per heavy atom. The maximum atomic E-state index is 5.38. The second-order valence-corrected chi connectivity index (χ2v) is 14.8. The van der Waals surface area contributed by atoms with E-state index >= 15 is 0 Å². The van der Waals surface area contributed by atoms with E-state index in [1.54, 1.807) is 6.20 Å². The highest BCUT2D eigenvalue weighted by Crippen LogP contribution is 2.53. The van der Waals surface area contributed by atoms with E-state index in [9.17, 15) is 0 Å². The molecule has 0 saturated heterocycles. The van der Waals surface area contributed by atoms with E-state index in [2.05, 4.69) is 165 Å². The van der Waals surface area contributed by atoms with Gasteiger partial charge < -0.3 is 9.13 Å². The second kappa shape index (κ2) is 12.1. The Morgan fingerprint density at radius 3 is 2.00 bits per heavy atom. The number of benzene rings is 5. The number of allylic oxidation sites excluding steroid dienone is 1. The molecule has 0 N–H and O–H groups in total. The molecule has 1 atom stereocenters. The molecule has 1 aliphatic carbocycles. The van der Waals surface area contributed by atoms with E-state index in [1.165, 1.54) is 60.8 Å². The molecule has 12 rings (SSSR count). The summed E-state index contributed by atoms with van der Waals surface area (Å²) in [5.74, 6) is 0.277. The van der Waals surface area contributed by atoms with Crippen LogP contribution in [0.15, 0.2) is 176 Å². The van der Waals surface area contributed by atoms with Gasteiger partial charge in [0.05, 0.1) is 27.9 Å². The lowest BCUT2D eigenvalue weighted by Crippen LogP contribution is -2.06. The lowest BCUT2D eigenvalue weighted by molar-refractivity contribution is 0.832. The molecule has 0 saturated carbocycles. The molecule has 5 nitrogen and oxygen atoms in total. The fraction of sp³-hybridized carbons (Fsp3) is 0.0392. The van der Waals surface area contributed by atoms with Crippen molar-refractivity contribution in [2.45, 2.75) is 12.3 Å². The van der Waals surface area contributed by atoms with Gasteiger partial charge in [-0.2, -0.15) is 0 Å². The van der Waals surface area contributed by atoms with Gasteiger partial charge in [0.1, 0.15) is 0 Å². The molecule has 1 aliphatic heterocycles. The number of fused-ring (bicyclic) bond motifs is 9. The minimum atomic E-state index is 0.277. The van der Waals surface area contributed by atoms with E-state index in [0.29, 0.717) is 0 Å². The van der Waals surface area contributed by atoms with Crippen molar-refractivity contribution in [3.05, 3.63) is 199 Å². The average molecular weight is 716 g/mol. The molecular formula is C51H33N5. The van der Waals surface area contributed by atoms with Crippen molar-refractivity contribution in [3.8, 4) is 45.0 Å². The molecule has 262 valence electrons. The van der Waals surface area contributed by atoms with E-state index in [-0.39, 0.29) is 5.92 Å². The first-order valence-corrected chi connectivity index (χ1v) is 19.2. The number of hydrogen-bond donors (Lipinski definition) is 0. The van der Waals surface area contributed by atoms with Crippen LogP contribution in [0.5, 0.6) is 0 Å². The quantitative estimate of drug-likeness (QED) is 0.178. The minimum Gasteiger partial charge on any atom is -0.312 e. The standard InChI is InChI=1S/C51H33N5/c1-2-14-36(15-3-1)55-49-37(35-26-43-38-16-4-6-22-47(38)56-48-23-7-5-17-39(48)44(27-35)51(43)56)18-8-19-40(49)41-20-9-21-42(50(41)55)46-29-34(32-12-10-24-52-30-32)28-45(54-46)33-13-11-25-53-31-33/h1-26,28-31,44H,27H2. The fourth-order valence-corrected chi connectivity index (χ4v) is 9.47. The Labute approximate surface area is 323 Å². The molecule has 10 aromatic rings. The number of rotatable bonds is 5. The summed E-state index contributed by atoms with van der Waals surface area (Å²) in [7, 11) is 0. The smallest absolute Gasteiger partial charge is 0.0737 e. The van der Waals surface area contributed by atoms with Gasteiger partial charge in [-0.05, 0) is 83.8 Å². The number of hydrogen-bond acceptors (Lipinski definition) is 3. The molecule has 6 heterocycles. The van der Waals surface area contributed by atoms with Gasteiger partial charge in [-0.3, -0.25) is 9.97 Å². The van der Waals surface area contributed by atoms with Gasteiger partial charge in [0, 0.05) is 91.7 Å². The third-order valence-electron chi connectivity index (χ3n) is 11.8. The van der Waals surface area contributed by atoms with E-state index in [0.717, 1.165) is 51.3 Å². The zero-order chi connectivity index (χ0) is 36.7. The van der Waals surface area contributed by atoms with Crippen LogP contribution in [0.3, 0.4) is 0 Å². The third kappa shape index (κ3) is 4.52. The molecule has 0 amide bonds. The molecule has 0 bridgehead atoms. The monoisotopic (exact) mass is 715 g/mol. The van der Waals surface area contributed by atoms with Gasteiger partial charge in [0.25, 0.3) is 0 Å². The lowest BCUT2D eigenvalue weighted by Gasteiger charge is -2.23. The molecular weight excluding hydrogens is 683 g/mol. The normalized spacial score (nSPS) is 14.3. The lowest BCUT2D eigenvalue weighted by atomic mass is 9.81. The van der Waals surface area contributed by atoms with Gasteiger partial charge in [-0.25, -0.2) is 4.98 Å². The van der Waals surface area contributed by atoms with Crippen LogP contribution in [0.25, 0.3) is 89.4 Å². The van der Waals surface area contributed by atoms with Crippen LogP contribution >= 0.6 is 0 Å². The first-order valence-electron chi connectivity index (χ1n) is 19.2. The third-order valence-corrected chi connectivity index (χ3v) is 11.8. The van der Waals surface area contributed by atoms with Crippen LogP contribution in [0.4, 0.5) is 0 Å². The Bertz CT molecular complexity index is 3150. The van der Waals surface area contributed by atoms with E-state index in [1.807, 2.05) is 30.7 Å². The van der Waals surface area contributed by atoms with Gasteiger partial charge in [-0.15, -0.1) is 0 Å². The molecule has 5 aromatic carbocycles. The minimum absolute atomic E-state index is 0.277. The molecule has 5 heteroatoms. The predicted octanol–water partition coefficient (Wildman–Crippen LogP) is 12.3. The molecule has 0 fully saturated rings. The highest BCUT2D eigenvalue weighted by Gasteiger charge is 2.37. The summed E-state index contributed by atoms with van der Waals surface area (Å²) in [6.07, 6.45) is 10.8. The topological polar surface area (TPSA) is 48.5 Å². The van der Waals surface area contributed by atoms with Crippen molar-refractivity contribution >= 4 is 44.4 Å². The van der Waals surface area contributed by atoms with Crippen molar-refractivity contribution in [2.24, 2.45) is 0 Å². The largest absolute Gasteiger partial charge is 0.312 e. The number of nitrogens with zero attached hydrogens (tertiary/aromatic N) is 5. The molecule has 2 aliphatic rings. The van der Waals surface area contributed by atoms with Gasteiger partial charge in [-0.1, -0.05) is 97.1 Å². The van der Waals surface area contributed by atoms with Crippen LogP contribution in [0.1, 0.15) is 34.7 Å². The maximum absolute atomic E-state index is 5.38. The molecule has 0 radical (unpaired) electrons. The Morgan fingerprint density at radius 2 is 1.20 bits per heavy atom. The van der Waals surface area contributed by atoms with E-state index in [4.69, 9.17) is 4.98 Å². The summed E-state index contributed by atoms with van der Waals surface area (Å²) >= 11 is 0. The van der Waals surface area contributed by atoms with Crippen LogP contribution in [0.2, 0.25) is 0 Å². The summed E-state index contributed by atoms with van der Waals surface area (Å²) in [4.78, 5) is 14.3. The molecule has 56 heavy (non-hydrogen) atoms. The molecule has 5 aromatic heterocycles. The fourth-order valence-electron chi connectivity index (χ4n) is 9.47. The summed E-state index contributed by atoms with van der Waals surface area (Å²) in [6, 6.07) is 54.7. The second-order valence-electron chi connectivity index (χ2n) is 14.8. The van der Waals surface area contributed by atoms with Gasteiger partial charge >= 0.3 is 0 Å². The number of aromatic nitrogens is 5. The highest BCUT2D eigenvalue weighted by molar-refractivity contribution is 6.17. The van der Waals surface area contributed by atoms with Crippen LogP contribution in [0, 0.1) is 0 Å². The van der Waals surface area contributed by atoms with Crippen molar-refractivity contribution in [1.82, 2.24) is 24.1 Å². The SMILES string of the molecule is C1=C(c2cccc3c4cccc(-c5cc(-c6cccnc6)cc(-c6cccnc6)n5)c4n(-c4ccccc4)c23)CC2c3ccccc3-n3c2c1c1ccccc13. The zero-order valence-electron chi connectivity index (χ0n) is 30.3. The van der Waals surface area contributed by atoms with Gasteiger partial charge in [0.2, 0.25) is 0 Å². The Balaban J connectivity index is 1.15. The molecule has 0 spiro atoms.